The van der Waals surface area contributed by atoms with Crippen LogP contribution in [0.4, 0.5) is 0 Å². The molecule has 2 saturated heterocycles. The zero-order valence-corrected chi connectivity index (χ0v) is 19.1. The number of hydrogen-bond donors (Lipinski definition) is 2. The monoisotopic (exact) mass is 435 g/mol. The fourth-order valence-electron chi connectivity index (χ4n) is 4.09. The van der Waals surface area contributed by atoms with Gasteiger partial charge in [0.2, 0.25) is 5.91 Å². The highest BCUT2D eigenvalue weighted by Gasteiger charge is 2.37. The lowest BCUT2D eigenvalue weighted by Crippen LogP contribution is -2.45. The second-order valence-corrected chi connectivity index (χ2v) is 10.9. The summed E-state index contributed by atoms with van der Waals surface area (Å²) in [6, 6.07) is 7.97. The van der Waals surface area contributed by atoms with Crippen molar-refractivity contribution in [3.63, 3.8) is 0 Å². The van der Waals surface area contributed by atoms with Crippen LogP contribution in [0.15, 0.2) is 29.2 Å². The van der Waals surface area contributed by atoms with E-state index < -0.39 is 10.1 Å². The summed E-state index contributed by atoms with van der Waals surface area (Å²) in [6.45, 7) is 10.3. The van der Waals surface area contributed by atoms with Gasteiger partial charge in [-0.3, -0.25) is 9.35 Å². The van der Waals surface area contributed by atoms with Crippen LogP contribution < -0.4 is 5.32 Å². The molecule has 0 saturated carbocycles. The number of nitrogens with zero attached hydrogens (tertiary/aromatic N) is 2. The number of carbonyl (C=O) groups is 1. The van der Waals surface area contributed by atoms with Crippen molar-refractivity contribution < 1.29 is 17.8 Å². The molecule has 0 bridgehead atoms. The minimum atomic E-state index is -4.02. The molecule has 1 aromatic rings. The van der Waals surface area contributed by atoms with Crippen LogP contribution in [0.5, 0.6) is 0 Å². The van der Waals surface area contributed by atoms with Gasteiger partial charge in [0, 0.05) is 6.54 Å². The van der Waals surface area contributed by atoms with E-state index in [1.807, 2.05) is 6.92 Å². The Morgan fingerprint density at radius 1 is 1.30 bits per heavy atom. The van der Waals surface area contributed by atoms with E-state index in [9.17, 15) is 13.2 Å². The molecular formula is C22H33N3O4S. The van der Waals surface area contributed by atoms with Crippen molar-refractivity contribution >= 4 is 16.0 Å². The molecule has 2 unspecified atom stereocenters. The van der Waals surface area contributed by atoms with Gasteiger partial charge in [-0.25, -0.2) is 0 Å². The van der Waals surface area contributed by atoms with Gasteiger partial charge in [0.25, 0.3) is 10.1 Å². The molecule has 3 rings (SSSR count). The first-order valence-corrected chi connectivity index (χ1v) is 11.8. The van der Waals surface area contributed by atoms with Gasteiger partial charge < -0.3 is 10.2 Å². The maximum atomic E-state index is 12.4. The molecule has 1 amide bonds. The molecule has 7 nitrogen and oxygen atoms in total. The van der Waals surface area contributed by atoms with Crippen molar-refractivity contribution in [1.82, 2.24) is 10.2 Å². The van der Waals surface area contributed by atoms with Crippen LogP contribution >= 0.6 is 0 Å². The number of carbonyl (C=O) groups excluding carboxylic acids is 1. The zero-order valence-electron chi connectivity index (χ0n) is 18.3. The van der Waals surface area contributed by atoms with E-state index in [0.29, 0.717) is 11.3 Å². The second kappa shape index (κ2) is 9.90. The minimum absolute atomic E-state index is 0.0666. The lowest BCUT2D eigenvalue weighted by atomic mass is 9.83. The second-order valence-electron chi connectivity index (χ2n) is 9.43. The van der Waals surface area contributed by atoms with Gasteiger partial charge in [-0.15, -0.1) is 0 Å². The van der Waals surface area contributed by atoms with E-state index in [2.05, 4.69) is 32.2 Å². The van der Waals surface area contributed by atoms with Crippen LogP contribution in [0.2, 0.25) is 0 Å². The lowest BCUT2D eigenvalue weighted by Gasteiger charge is -2.24. The van der Waals surface area contributed by atoms with Gasteiger partial charge in [-0.1, -0.05) is 38.5 Å². The van der Waals surface area contributed by atoms with Gasteiger partial charge in [0.15, 0.2) is 0 Å². The Morgan fingerprint density at radius 3 is 2.47 bits per heavy atom. The zero-order chi connectivity index (χ0) is 22.5. The summed E-state index contributed by atoms with van der Waals surface area (Å²) >= 11 is 0. The van der Waals surface area contributed by atoms with Crippen molar-refractivity contribution in [1.29, 1.82) is 5.26 Å². The molecule has 8 heteroatoms. The number of aryl methyl sites for hydroxylation is 1. The normalized spacial score (nSPS) is 24.1. The van der Waals surface area contributed by atoms with E-state index in [1.54, 1.807) is 17.0 Å². The molecule has 166 valence electrons. The molecule has 2 aliphatic rings. The van der Waals surface area contributed by atoms with Crippen LogP contribution in [0, 0.1) is 29.6 Å². The fourth-order valence-corrected chi connectivity index (χ4v) is 4.57. The van der Waals surface area contributed by atoms with Gasteiger partial charge >= 0.3 is 0 Å². The Labute approximate surface area is 180 Å². The van der Waals surface area contributed by atoms with Gasteiger partial charge in [0.1, 0.15) is 6.04 Å². The number of hydrogen-bond acceptors (Lipinski definition) is 5. The summed E-state index contributed by atoms with van der Waals surface area (Å²) in [5.74, 6) is 0.720. The molecule has 0 aromatic heterocycles. The summed E-state index contributed by atoms with van der Waals surface area (Å²) in [6.07, 6.45) is 3.86. The van der Waals surface area contributed by atoms with E-state index >= 15 is 0 Å². The average molecular weight is 436 g/mol. The number of nitrogens with one attached hydrogen (secondary N) is 1. The van der Waals surface area contributed by atoms with Gasteiger partial charge in [0.05, 0.1) is 17.0 Å². The topological polar surface area (TPSA) is 111 Å². The van der Waals surface area contributed by atoms with Crippen molar-refractivity contribution in [3.8, 4) is 6.07 Å². The van der Waals surface area contributed by atoms with Crippen LogP contribution in [-0.2, 0) is 14.9 Å². The SMILES string of the molecule is CC(C)(C)CC1CNC(C(=O)N2CCC[C@H]2C#N)C1.Cc1ccc(S(=O)(=O)O)cc1. The molecule has 2 heterocycles. The average Bonchev–Trinajstić information content (AvgIpc) is 3.29. The molecule has 2 aliphatic heterocycles. The van der Waals surface area contributed by atoms with Gasteiger partial charge in [-0.05, 0) is 62.6 Å². The first-order chi connectivity index (χ1) is 13.9. The van der Waals surface area contributed by atoms with Gasteiger partial charge in [-0.2, -0.15) is 13.7 Å². The largest absolute Gasteiger partial charge is 0.325 e. The maximum Gasteiger partial charge on any atom is 0.294 e. The fraction of sp³-hybridized carbons (Fsp3) is 0.636. The predicted octanol–water partition coefficient (Wildman–Crippen LogP) is 3.16. The van der Waals surface area contributed by atoms with Crippen LogP contribution in [0.1, 0.15) is 52.0 Å². The number of nitriles is 1. The predicted molar refractivity (Wildman–Crippen MR) is 115 cm³/mol. The van der Waals surface area contributed by atoms with Crippen LogP contribution in [-0.4, -0.2) is 49.0 Å². The molecule has 30 heavy (non-hydrogen) atoms. The summed E-state index contributed by atoms with van der Waals surface area (Å²) < 4.78 is 29.6. The standard InChI is InChI=1S/C15H25N3O.C7H8O3S/c1-15(2,3)8-11-7-13(17-10-11)14(19)18-6-4-5-12(18)9-16;1-6-2-4-7(5-3-6)11(8,9)10/h11-13,17H,4-8,10H2,1-3H3;2-5H,1H3,(H,8,9,10)/t11?,12-,13?;/m0./s1. The van der Waals surface area contributed by atoms with Crippen molar-refractivity contribution in [2.24, 2.45) is 11.3 Å². The Hall–Kier alpha value is -1.95. The van der Waals surface area contributed by atoms with Crippen molar-refractivity contribution in [2.45, 2.75) is 70.4 Å². The third kappa shape index (κ3) is 7.08. The molecule has 2 N–H and O–H groups in total. The van der Waals surface area contributed by atoms with Crippen LogP contribution in [0.3, 0.4) is 0 Å². The third-order valence-electron chi connectivity index (χ3n) is 5.42. The van der Waals surface area contributed by atoms with Crippen molar-refractivity contribution in [2.75, 3.05) is 13.1 Å². The lowest BCUT2D eigenvalue weighted by molar-refractivity contribution is -0.133. The van der Waals surface area contributed by atoms with E-state index in [4.69, 9.17) is 9.81 Å². The Kier molecular flexibility index (Phi) is 8.03. The summed E-state index contributed by atoms with van der Waals surface area (Å²) in [7, 11) is -4.02. The van der Waals surface area contributed by atoms with E-state index in [0.717, 1.165) is 44.3 Å². The number of benzene rings is 1. The van der Waals surface area contributed by atoms with E-state index in [-0.39, 0.29) is 22.9 Å². The van der Waals surface area contributed by atoms with Crippen LogP contribution in [0.25, 0.3) is 0 Å². The summed E-state index contributed by atoms with van der Waals surface area (Å²) in [5, 5.41) is 12.4. The van der Waals surface area contributed by atoms with Crippen molar-refractivity contribution in [3.05, 3.63) is 29.8 Å². The smallest absolute Gasteiger partial charge is 0.294 e. The Bertz CT molecular complexity index is 869. The highest BCUT2D eigenvalue weighted by atomic mass is 32.2. The summed E-state index contributed by atoms with van der Waals surface area (Å²) in [4.78, 5) is 14.1. The Balaban J connectivity index is 0.000000248. The quantitative estimate of drug-likeness (QED) is 0.706. The molecule has 0 spiro atoms. The molecular weight excluding hydrogens is 402 g/mol. The first kappa shape index (κ1) is 24.3. The third-order valence-corrected chi connectivity index (χ3v) is 6.29. The molecule has 1 aromatic carbocycles. The van der Waals surface area contributed by atoms with E-state index in [1.165, 1.54) is 12.1 Å². The highest BCUT2D eigenvalue weighted by Crippen LogP contribution is 2.30. The summed E-state index contributed by atoms with van der Waals surface area (Å²) in [5.41, 5.74) is 1.27. The molecule has 0 aliphatic carbocycles. The maximum absolute atomic E-state index is 12.4. The Morgan fingerprint density at radius 2 is 1.93 bits per heavy atom. The minimum Gasteiger partial charge on any atom is -0.325 e. The molecule has 3 atom stereocenters. The number of rotatable bonds is 3. The highest BCUT2D eigenvalue weighted by molar-refractivity contribution is 7.85. The number of amides is 1. The first-order valence-electron chi connectivity index (χ1n) is 10.4. The molecule has 0 radical (unpaired) electrons. The number of likely N-dealkylation sites (tertiary alicyclic amines) is 1. The molecule has 2 fully saturated rings.